The van der Waals surface area contributed by atoms with Gasteiger partial charge in [0.1, 0.15) is 11.3 Å². The average Bonchev–Trinajstić information content (AvgIpc) is 3.53. The van der Waals surface area contributed by atoms with Gasteiger partial charge in [0, 0.05) is 34.7 Å². The van der Waals surface area contributed by atoms with Crippen LogP contribution in [0.2, 0.25) is 0 Å². The smallest absolute Gasteiger partial charge is 0.146 e. The summed E-state index contributed by atoms with van der Waals surface area (Å²) < 4.78 is 2.16. The van der Waals surface area contributed by atoms with E-state index in [1.54, 1.807) is 0 Å². The van der Waals surface area contributed by atoms with Crippen molar-refractivity contribution < 1.29 is 0 Å². The molecule has 0 unspecified atom stereocenters. The molecule has 0 amide bonds. The van der Waals surface area contributed by atoms with Crippen LogP contribution in [0.25, 0.3) is 49.7 Å². The van der Waals surface area contributed by atoms with Crippen molar-refractivity contribution >= 4 is 27.5 Å². The second-order valence-electron chi connectivity index (χ2n) is 8.62. The number of hydrogen-bond donors (Lipinski definition) is 0. The van der Waals surface area contributed by atoms with Crippen molar-refractivity contribution in [3.63, 3.8) is 0 Å². The van der Waals surface area contributed by atoms with Gasteiger partial charge in [-0.2, -0.15) is 0 Å². The van der Waals surface area contributed by atoms with Gasteiger partial charge in [0.15, 0.2) is 0 Å². The average molecular weight is 395 g/mol. The normalized spacial score (nSPS) is 13.5. The van der Waals surface area contributed by atoms with Crippen molar-refractivity contribution in [3.8, 4) is 22.3 Å². The predicted molar refractivity (Wildman–Crippen MR) is 124 cm³/mol. The molecule has 3 aromatic carbocycles. The molecule has 2 aliphatic rings. The molecule has 0 bridgehead atoms. The lowest BCUT2D eigenvalue weighted by molar-refractivity contribution is 1.19. The standard InChI is InChI=1S/C28H17N3/c1-3-8-18-16(6-1)14-21-23(18)24-19-9-4-2-7-17(19)15-22(24)26-25(21)20-10-5-11-29-27(20)31-13-12-30-28(26)31/h1-13H,14-15H2. The molecule has 3 heterocycles. The van der Waals surface area contributed by atoms with Crippen molar-refractivity contribution in [3.05, 3.63) is 102 Å². The molecule has 3 nitrogen and oxygen atoms in total. The number of fused-ring (bicyclic) bond motifs is 15. The summed E-state index contributed by atoms with van der Waals surface area (Å²) >= 11 is 0. The van der Waals surface area contributed by atoms with Crippen LogP contribution in [-0.2, 0) is 12.8 Å². The number of rotatable bonds is 0. The minimum absolute atomic E-state index is 0.950. The summed E-state index contributed by atoms with van der Waals surface area (Å²) in [6.45, 7) is 0. The molecule has 0 aliphatic heterocycles. The third-order valence-electron chi connectivity index (χ3n) is 7.16. The predicted octanol–water partition coefficient (Wildman–Crippen LogP) is 6.18. The maximum absolute atomic E-state index is 4.83. The highest BCUT2D eigenvalue weighted by atomic mass is 15.0. The van der Waals surface area contributed by atoms with Crippen LogP contribution in [0.1, 0.15) is 22.3 Å². The lowest BCUT2D eigenvalue weighted by Gasteiger charge is -2.17. The number of pyridine rings is 2. The van der Waals surface area contributed by atoms with Gasteiger partial charge in [-0.05, 0) is 69.5 Å². The molecule has 3 heteroatoms. The van der Waals surface area contributed by atoms with Gasteiger partial charge in [0.25, 0.3) is 0 Å². The highest BCUT2D eigenvalue weighted by Crippen LogP contribution is 2.54. The molecule has 3 aromatic heterocycles. The van der Waals surface area contributed by atoms with E-state index in [1.165, 1.54) is 60.7 Å². The van der Waals surface area contributed by atoms with E-state index in [9.17, 15) is 0 Å². The van der Waals surface area contributed by atoms with E-state index < -0.39 is 0 Å². The monoisotopic (exact) mass is 395 g/mol. The Hall–Kier alpha value is -3.98. The van der Waals surface area contributed by atoms with Crippen LogP contribution in [0.3, 0.4) is 0 Å². The summed E-state index contributed by atoms with van der Waals surface area (Å²) in [5, 5.41) is 3.84. The molecule has 31 heavy (non-hydrogen) atoms. The fourth-order valence-corrected chi connectivity index (χ4v) is 6.01. The summed E-state index contributed by atoms with van der Waals surface area (Å²) in [6.07, 6.45) is 7.73. The van der Waals surface area contributed by atoms with Crippen molar-refractivity contribution in [2.24, 2.45) is 0 Å². The molecule has 2 aliphatic carbocycles. The molecule has 144 valence electrons. The molecule has 0 atom stereocenters. The molecule has 0 fully saturated rings. The van der Waals surface area contributed by atoms with E-state index in [2.05, 4.69) is 65.1 Å². The van der Waals surface area contributed by atoms with Gasteiger partial charge in [-0.1, -0.05) is 48.5 Å². The zero-order valence-electron chi connectivity index (χ0n) is 16.8. The molecular weight excluding hydrogens is 378 g/mol. The number of hydrogen-bond acceptors (Lipinski definition) is 2. The van der Waals surface area contributed by atoms with Crippen LogP contribution < -0.4 is 0 Å². The van der Waals surface area contributed by atoms with Crippen molar-refractivity contribution in [2.45, 2.75) is 12.8 Å². The third kappa shape index (κ3) is 1.81. The molecule has 8 rings (SSSR count). The Labute approximate surface area is 178 Å². The number of aromatic nitrogens is 3. The van der Waals surface area contributed by atoms with E-state index >= 15 is 0 Å². The zero-order valence-corrected chi connectivity index (χ0v) is 16.8. The van der Waals surface area contributed by atoms with Gasteiger partial charge in [-0.15, -0.1) is 0 Å². The van der Waals surface area contributed by atoms with Gasteiger partial charge in [0.05, 0.1) is 0 Å². The van der Waals surface area contributed by atoms with Crippen molar-refractivity contribution in [1.29, 1.82) is 0 Å². The number of nitrogens with zero attached hydrogens (tertiary/aromatic N) is 3. The van der Waals surface area contributed by atoms with Crippen LogP contribution in [0.15, 0.2) is 79.3 Å². The van der Waals surface area contributed by atoms with Crippen LogP contribution in [-0.4, -0.2) is 14.4 Å². The Morgan fingerprint density at radius 1 is 0.613 bits per heavy atom. The largest absolute Gasteiger partial charge is 0.283 e. The van der Waals surface area contributed by atoms with Crippen molar-refractivity contribution in [2.75, 3.05) is 0 Å². The molecule has 0 saturated heterocycles. The summed E-state index contributed by atoms with van der Waals surface area (Å²) in [4.78, 5) is 9.60. The Bertz CT molecular complexity index is 1740. The Balaban J connectivity index is 1.71. The molecule has 0 spiro atoms. The van der Waals surface area contributed by atoms with Crippen LogP contribution in [0, 0.1) is 0 Å². The van der Waals surface area contributed by atoms with Gasteiger partial charge in [-0.25, -0.2) is 9.97 Å². The fraction of sp³-hybridized carbons (Fsp3) is 0.0714. The maximum Gasteiger partial charge on any atom is 0.146 e. The Morgan fingerprint density at radius 2 is 1.26 bits per heavy atom. The molecule has 0 saturated carbocycles. The summed E-state index contributed by atoms with van der Waals surface area (Å²) in [5.74, 6) is 0. The van der Waals surface area contributed by atoms with Gasteiger partial charge in [0.2, 0.25) is 0 Å². The number of benzene rings is 3. The van der Waals surface area contributed by atoms with E-state index in [0.29, 0.717) is 0 Å². The van der Waals surface area contributed by atoms with Gasteiger partial charge in [-0.3, -0.25) is 4.40 Å². The Kier molecular flexibility index (Phi) is 2.74. The van der Waals surface area contributed by atoms with E-state index in [-0.39, 0.29) is 0 Å². The lowest BCUT2D eigenvalue weighted by Crippen LogP contribution is -1.99. The van der Waals surface area contributed by atoms with Crippen LogP contribution in [0.5, 0.6) is 0 Å². The summed E-state index contributed by atoms with van der Waals surface area (Å²) in [5.41, 5.74) is 13.3. The fourth-order valence-electron chi connectivity index (χ4n) is 6.01. The molecule has 0 N–H and O–H groups in total. The minimum atomic E-state index is 0.950. The van der Waals surface area contributed by atoms with E-state index in [4.69, 9.17) is 9.97 Å². The first-order chi connectivity index (χ1) is 15.4. The second kappa shape index (κ2) is 5.38. The number of imidazole rings is 1. The second-order valence-corrected chi connectivity index (χ2v) is 8.62. The molecule has 6 aromatic rings. The van der Waals surface area contributed by atoms with E-state index in [0.717, 1.165) is 24.1 Å². The van der Waals surface area contributed by atoms with Crippen molar-refractivity contribution in [1.82, 2.24) is 14.4 Å². The zero-order chi connectivity index (χ0) is 20.1. The quantitative estimate of drug-likeness (QED) is 0.287. The topological polar surface area (TPSA) is 30.2 Å². The first-order valence-electron chi connectivity index (χ1n) is 10.8. The lowest BCUT2D eigenvalue weighted by atomic mass is 9.88. The Morgan fingerprint density at radius 3 is 2.00 bits per heavy atom. The maximum atomic E-state index is 4.83. The SMILES string of the molecule is c1ccc2c(c1)Cc1c-2c2c(c3c1c1cccnc1n1ccnc31)Cc1ccccc1-2. The molecular formula is C28H17N3. The van der Waals surface area contributed by atoms with Crippen LogP contribution in [0.4, 0.5) is 0 Å². The van der Waals surface area contributed by atoms with Gasteiger partial charge < -0.3 is 0 Å². The first kappa shape index (κ1) is 15.8. The van der Waals surface area contributed by atoms with Crippen LogP contribution >= 0.6 is 0 Å². The summed E-state index contributed by atoms with van der Waals surface area (Å²) in [6, 6.07) is 22.1. The van der Waals surface area contributed by atoms with E-state index in [1.807, 2.05) is 18.6 Å². The highest BCUT2D eigenvalue weighted by Gasteiger charge is 2.33. The van der Waals surface area contributed by atoms with Gasteiger partial charge >= 0.3 is 0 Å². The third-order valence-corrected chi connectivity index (χ3v) is 7.16. The molecule has 0 radical (unpaired) electrons. The first-order valence-corrected chi connectivity index (χ1v) is 10.8. The minimum Gasteiger partial charge on any atom is -0.283 e. The highest BCUT2D eigenvalue weighted by molar-refractivity contribution is 6.20. The summed E-state index contributed by atoms with van der Waals surface area (Å²) in [7, 11) is 0.